The maximum atomic E-state index is 11.9. The maximum Gasteiger partial charge on any atom is 0.252 e. The third kappa shape index (κ3) is 4.00. The Morgan fingerprint density at radius 3 is 2.78 bits per heavy atom. The number of aromatic amines is 1. The molecule has 0 bridgehead atoms. The van der Waals surface area contributed by atoms with Crippen molar-refractivity contribution in [3.8, 4) is 0 Å². The Bertz CT molecular complexity index is 971. The van der Waals surface area contributed by atoms with Crippen molar-refractivity contribution >= 4 is 16.9 Å². The molecule has 0 spiro atoms. The molecule has 4 rings (SSSR count). The Labute approximate surface area is 156 Å². The number of H-pyrrole nitrogens is 1. The topological polar surface area (TPSA) is 99.9 Å². The summed E-state index contributed by atoms with van der Waals surface area (Å²) >= 11 is 0. The van der Waals surface area contributed by atoms with Gasteiger partial charge in [-0.3, -0.25) is 4.79 Å². The van der Waals surface area contributed by atoms with Gasteiger partial charge in [-0.05, 0) is 40.9 Å². The number of nitrogens with one attached hydrogen (secondary N) is 2. The number of hydrogen-bond acceptors (Lipinski definition) is 7. The number of fused-ring (bicyclic) bond motifs is 1. The van der Waals surface area contributed by atoms with Crippen LogP contribution in [0.4, 0.5) is 5.82 Å². The Kier molecular flexibility index (Phi) is 4.89. The summed E-state index contributed by atoms with van der Waals surface area (Å²) < 4.78 is 4.74. The summed E-state index contributed by atoms with van der Waals surface area (Å²) in [6, 6.07) is 8.01. The first kappa shape index (κ1) is 17.7. The second-order valence-corrected chi connectivity index (χ2v) is 7.37. The van der Waals surface area contributed by atoms with E-state index in [-0.39, 0.29) is 11.5 Å². The first-order valence-electron chi connectivity index (χ1n) is 9.39. The van der Waals surface area contributed by atoms with Crippen LogP contribution in [0, 0.1) is 0 Å². The zero-order chi connectivity index (χ0) is 18.8. The highest BCUT2D eigenvalue weighted by atomic mass is 16.6. The molecule has 3 aromatic rings. The molecule has 0 aliphatic carbocycles. The van der Waals surface area contributed by atoms with Gasteiger partial charge >= 0.3 is 0 Å². The second-order valence-electron chi connectivity index (χ2n) is 7.37. The van der Waals surface area contributed by atoms with E-state index < -0.39 is 0 Å². The zero-order valence-corrected chi connectivity index (χ0v) is 15.6. The summed E-state index contributed by atoms with van der Waals surface area (Å²) in [6.45, 7) is 6.62. The highest BCUT2D eigenvalue weighted by Gasteiger charge is 2.21. The van der Waals surface area contributed by atoms with E-state index in [0.29, 0.717) is 6.04 Å². The molecule has 3 heterocycles. The lowest BCUT2D eigenvalue weighted by Crippen LogP contribution is -2.43. The van der Waals surface area contributed by atoms with Crippen molar-refractivity contribution in [2.45, 2.75) is 45.2 Å². The monoisotopic (exact) mass is 368 g/mol. The van der Waals surface area contributed by atoms with Gasteiger partial charge in [0.15, 0.2) is 0 Å². The van der Waals surface area contributed by atoms with Gasteiger partial charge in [-0.15, -0.1) is 0 Å². The summed E-state index contributed by atoms with van der Waals surface area (Å²) in [6.07, 6.45) is 2.03. The van der Waals surface area contributed by atoms with Gasteiger partial charge in [0.2, 0.25) is 0 Å². The maximum absolute atomic E-state index is 11.9. The molecule has 2 N–H and O–H groups in total. The molecule has 2 aromatic heterocycles. The lowest BCUT2D eigenvalue weighted by Gasteiger charge is -2.33. The van der Waals surface area contributed by atoms with Crippen LogP contribution in [0.25, 0.3) is 11.0 Å². The predicted molar refractivity (Wildman–Crippen MR) is 103 cm³/mol. The molecule has 8 nitrogen and oxygen atoms in total. The van der Waals surface area contributed by atoms with Gasteiger partial charge in [0, 0.05) is 37.7 Å². The summed E-state index contributed by atoms with van der Waals surface area (Å²) in [7, 11) is 0. The molecule has 0 saturated carbocycles. The second kappa shape index (κ2) is 7.48. The van der Waals surface area contributed by atoms with E-state index in [1.807, 2.05) is 32.0 Å². The minimum atomic E-state index is -0.0818. The number of aromatic nitrogens is 4. The van der Waals surface area contributed by atoms with Crippen LogP contribution in [0.2, 0.25) is 0 Å². The normalized spacial score (nSPS) is 15.7. The molecule has 0 unspecified atom stereocenters. The highest BCUT2D eigenvalue weighted by Crippen LogP contribution is 2.19. The fourth-order valence-corrected chi connectivity index (χ4v) is 3.41. The van der Waals surface area contributed by atoms with Crippen molar-refractivity contribution in [3.63, 3.8) is 0 Å². The Balaban J connectivity index is 1.34. The number of hydrogen-bond donors (Lipinski definition) is 2. The van der Waals surface area contributed by atoms with E-state index in [2.05, 4.69) is 30.5 Å². The minimum absolute atomic E-state index is 0.0818. The van der Waals surface area contributed by atoms with Crippen LogP contribution in [0.15, 0.2) is 33.7 Å². The number of rotatable bonds is 5. The summed E-state index contributed by atoms with van der Waals surface area (Å²) in [5, 5.41) is 11.3. The van der Waals surface area contributed by atoms with Gasteiger partial charge in [0.25, 0.3) is 5.56 Å². The quantitative estimate of drug-likeness (QED) is 0.712. The fraction of sp³-hybridized carbons (Fsp3) is 0.474. The van der Waals surface area contributed by atoms with Crippen molar-refractivity contribution in [1.82, 2.24) is 25.6 Å². The van der Waals surface area contributed by atoms with Gasteiger partial charge in [-0.1, -0.05) is 19.9 Å². The van der Waals surface area contributed by atoms with Crippen LogP contribution in [-0.2, 0) is 6.54 Å². The molecule has 1 fully saturated rings. The Morgan fingerprint density at radius 1 is 1.22 bits per heavy atom. The van der Waals surface area contributed by atoms with Crippen molar-refractivity contribution in [2.24, 2.45) is 0 Å². The number of nitrogens with zero attached hydrogens (tertiary/aromatic N) is 4. The molecule has 0 radical (unpaired) electrons. The van der Waals surface area contributed by atoms with Crippen molar-refractivity contribution in [1.29, 1.82) is 0 Å². The molecule has 1 aliphatic rings. The average Bonchev–Trinajstić information content (AvgIpc) is 3.14. The third-order valence-electron chi connectivity index (χ3n) is 5.03. The zero-order valence-electron chi connectivity index (χ0n) is 15.6. The fourth-order valence-electron chi connectivity index (χ4n) is 3.41. The van der Waals surface area contributed by atoms with Crippen LogP contribution in [0.5, 0.6) is 0 Å². The molecule has 1 aromatic carbocycles. The molecule has 0 atom stereocenters. The van der Waals surface area contributed by atoms with Crippen LogP contribution in [0.3, 0.4) is 0 Å². The van der Waals surface area contributed by atoms with Gasteiger partial charge in [0.1, 0.15) is 22.7 Å². The van der Waals surface area contributed by atoms with Gasteiger partial charge in [0.05, 0.1) is 0 Å². The molecule has 1 saturated heterocycles. The van der Waals surface area contributed by atoms with Gasteiger partial charge in [-0.25, -0.2) is 9.61 Å². The SMILES string of the molecule is CC(C)c1nc(N2CCC(NCc3ccc4nonc4c3)CC2)cc(=O)[nH]1. The van der Waals surface area contributed by atoms with Crippen LogP contribution in [0.1, 0.15) is 44.0 Å². The Hall–Kier alpha value is -2.74. The summed E-state index contributed by atoms with van der Waals surface area (Å²) in [5.41, 5.74) is 2.64. The molecule has 1 aliphatic heterocycles. The molecular weight excluding hydrogens is 344 g/mol. The molecule has 0 amide bonds. The van der Waals surface area contributed by atoms with Crippen molar-refractivity contribution in [2.75, 3.05) is 18.0 Å². The minimum Gasteiger partial charge on any atom is -0.356 e. The summed E-state index contributed by atoms with van der Waals surface area (Å²) in [5.74, 6) is 1.73. The smallest absolute Gasteiger partial charge is 0.252 e. The molecular formula is C19H24N6O2. The van der Waals surface area contributed by atoms with Crippen molar-refractivity contribution in [3.05, 3.63) is 46.0 Å². The molecule has 8 heteroatoms. The molecule has 142 valence electrons. The predicted octanol–water partition coefficient (Wildman–Crippen LogP) is 2.19. The standard InChI is InChI=1S/C19H24N6O2/c1-12(2)19-21-17(10-18(26)22-19)25-7-5-14(6-8-25)20-11-13-3-4-15-16(9-13)24-27-23-15/h3-4,9-10,12,14,20H,5-8,11H2,1-2H3,(H,21,22,26). The third-order valence-corrected chi connectivity index (χ3v) is 5.03. The first-order chi connectivity index (χ1) is 13.1. The van der Waals surface area contributed by atoms with E-state index in [1.54, 1.807) is 6.07 Å². The number of anilines is 1. The van der Waals surface area contributed by atoms with E-state index in [9.17, 15) is 4.79 Å². The van der Waals surface area contributed by atoms with Crippen LogP contribution < -0.4 is 15.8 Å². The van der Waals surface area contributed by atoms with E-state index in [4.69, 9.17) is 4.63 Å². The lowest BCUT2D eigenvalue weighted by molar-refractivity contribution is 0.315. The lowest BCUT2D eigenvalue weighted by atomic mass is 10.0. The Morgan fingerprint density at radius 2 is 2.00 bits per heavy atom. The van der Waals surface area contributed by atoms with Gasteiger partial charge < -0.3 is 15.2 Å². The highest BCUT2D eigenvalue weighted by molar-refractivity contribution is 5.73. The van der Waals surface area contributed by atoms with E-state index in [0.717, 1.165) is 55.2 Å². The summed E-state index contributed by atoms with van der Waals surface area (Å²) in [4.78, 5) is 21.6. The van der Waals surface area contributed by atoms with E-state index in [1.165, 1.54) is 5.56 Å². The van der Waals surface area contributed by atoms with Crippen LogP contribution >= 0.6 is 0 Å². The number of piperidine rings is 1. The van der Waals surface area contributed by atoms with Crippen molar-refractivity contribution < 1.29 is 4.63 Å². The largest absolute Gasteiger partial charge is 0.356 e. The first-order valence-corrected chi connectivity index (χ1v) is 9.39. The van der Waals surface area contributed by atoms with Gasteiger partial charge in [-0.2, -0.15) is 0 Å². The number of benzene rings is 1. The molecule has 27 heavy (non-hydrogen) atoms. The van der Waals surface area contributed by atoms with Crippen LogP contribution in [-0.4, -0.2) is 39.4 Å². The van der Waals surface area contributed by atoms with E-state index >= 15 is 0 Å². The average molecular weight is 368 g/mol.